The van der Waals surface area contributed by atoms with Gasteiger partial charge in [0.1, 0.15) is 6.54 Å². The molecule has 16 heavy (non-hydrogen) atoms. The summed E-state index contributed by atoms with van der Waals surface area (Å²) in [7, 11) is 1.73. The Kier molecular flexibility index (Phi) is 3.87. The molecule has 0 unspecified atom stereocenters. The number of carboxylic acids is 1. The van der Waals surface area contributed by atoms with Crippen molar-refractivity contribution < 1.29 is 14.7 Å². The molecule has 0 aliphatic heterocycles. The lowest BCUT2D eigenvalue weighted by atomic mass is 10.5. The van der Waals surface area contributed by atoms with E-state index in [0.29, 0.717) is 12.4 Å². The van der Waals surface area contributed by atoms with Crippen molar-refractivity contribution in [1.82, 2.24) is 14.7 Å². The number of anilines is 1. The second-order valence-corrected chi connectivity index (χ2v) is 3.21. The number of urea groups is 1. The molecule has 7 heteroatoms. The van der Waals surface area contributed by atoms with Gasteiger partial charge in [0.05, 0.1) is 0 Å². The number of hydrogen-bond donors (Lipinski definition) is 2. The first-order valence-corrected chi connectivity index (χ1v) is 4.80. The van der Waals surface area contributed by atoms with Gasteiger partial charge in [-0.3, -0.25) is 14.8 Å². The summed E-state index contributed by atoms with van der Waals surface area (Å²) in [6, 6.07) is 1.16. The number of amides is 2. The monoisotopic (exact) mass is 226 g/mol. The van der Waals surface area contributed by atoms with Crippen LogP contribution in [-0.2, 0) is 11.8 Å². The molecule has 0 aliphatic rings. The number of carboxylic acid groups (broad SMARTS) is 1. The van der Waals surface area contributed by atoms with Gasteiger partial charge < -0.3 is 10.0 Å². The van der Waals surface area contributed by atoms with E-state index >= 15 is 0 Å². The summed E-state index contributed by atoms with van der Waals surface area (Å²) in [4.78, 5) is 23.3. The molecule has 0 saturated heterocycles. The second kappa shape index (κ2) is 5.15. The molecule has 0 fully saturated rings. The number of hydrogen-bond acceptors (Lipinski definition) is 3. The van der Waals surface area contributed by atoms with E-state index in [2.05, 4.69) is 10.4 Å². The maximum atomic E-state index is 11.6. The maximum Gasteiger partial charge on any atom is 0.323 e. The molecule has 0 radical (unpaired) electrons. The summed E-state index contributed by atoms with van der Waals surface area (Å²) < 4.78 is 1.54. The quantitative estimate of drug-likeness (QED) is 0.775. The summed E-state index contributed by atoms with van der Waals surface area (Å²) in [5, 5.41) is 15.1. The molecule has 1 aromatic rings. The van der Waals surface area contributed by atoms with Gasteiger partial charge in [-0.15, -0.1) is 0 Å². The number of carbonyl (C=O) groups is 2. The minimum atomic E-state index is -1.04. The lowest BCUT2D eigenvalue weighted by Crippen LogP contribution is -2.38. The number of aryl methyl sites for hydroxylation is 1. The zero-order chi connectivity index (χ0) is 12.1. The number of rotatable bonds is 4. The van der Waals surface area contributed by atoms with Gasteiger partial charge in [0.2, 0.25) is 0 Å². The number of aromatic nitrogens is 2. The molecular formula is C9H14N4O3. The highest BCUT2D eigenvalue weighted by atomic mass is 16.4. The van der Waals surface area contributed by atoms with Crippen molar-refractivity contribution in [3.05, 3.63) is 12.3 Å². The van der Waals surface area contributed by atoms with E-state index in [9.17, 15) is 9.59 Å². The van der Waals surface area contributed by atoms with Crippen LogP contribution in [0.4, 0.5) is 10.6 Å². The van der Waals surface area contributed by atoms with Crippen LogP contribution in [0.5, 0.6) is 0 Å². The average Bonchev–Trinajstić information content (AvgIpc) is 2.60. The van der Waals surface area contributed by atoms with Gasteiger partial charge in [-0.2, -0.15) is 5.10 Å². The van der Waals surface area contributed by atoms with Gasteiger partial charge in [0.25, 0.3) is 0 Å². The lowest BCUT2D eigenvalue weighted by Gasteiger charge is -2.18. The third-order valence-corrected chi connectivity index (χ3v) is 1.94. The Morgan fingerprint density at radius 1 is 1.62 bits per heavy atom. The van der Waals surface area contributed by atoms with Crippen LogP contribution in [0.15, 0.2) is 12.3 Å². The number of likely N-dealkylation sites (N-methyl/N-ethyl adjacent to an activating group) is 1. The molecule has 2 amide bonds. The average molecular weight is 226 g/mol. The zero-order valence-electron chi connectivity index (χ0n) is 9.17. The molecule has 0 aliphatic carbocycles. The fourth-order valence-corrected chi connectivity index (χ4v) is 1.16. The standard InChI is InChI=1S/C9H14N4O3/c1-3-13(6-8(14)15)9(16)10-7-4-5-12(2)11-7/h4-5H,3,6H2,1-2H3,(H,14,15)(H,10,11,16). The highest BCUT2D eigenvalue weighted by Crippen LogP contribution is 2.02. The highest BCUT2D eigenvalue weighted by molar-refractivity contribution is 5.90. The first-order chi connectivity index (χ1) is 7.52. The molecule has 0 aromatic carbocycles. The molecule has 0 spiro atoms. The topological polar surface area (TPSA) is 87.5 Å². The van der Waals surface area contributed by atoms with E-state index in [-0.39, 0.29) is 6.54 Å². The molecule has 1 heterocycles. The van der Waals surface area contributed by atoms with E-state index in [1.165, 1.54) is 4.90 Å². The Bertz CT molecular complexity index is 388. The second-order valence-electron chi connectivity index (χ2n) is 3.21. The third kappa shape index (κ3) is 3.26. The number of nitrogens with one attached hydrogen (secondary N) is 1. The SMILES string of the molecule is CCN(CC(=O)O)C(=O)Nc1ccn(C)n1. The lowest BCUT2D eigenvalue weighted by molar-refractivity contribution is -0.137. The van der Waals surface area contributed by atoms with Crippen molar-refractivity contribution in [2.24, 2.45) is 7.05 Å². The summed E-state index contributed by atoms with van der Waals surface area (Å²) in [5.74, 6) is -0.644. The van der Waals surface area contributed by atoms with Crippen molar-refractivity contribution in [3.63, 3.8) is 0 Å². The van der Waals surface area contributed by atoms with Crippen LogP contribution in [0.25, 0.3) is 0 Å². The third-order valence-electron chi connectivity index (χ3n) is 1.94. The number of carbonyl (C=O) groups excluding carboxylic acids is 1. The summed E-state index contributed by atoms with van der Waals surface area (Å²) in [5.41, 5.74) is 0. The molecule has 0 bridgehead atoms. The Balaban J connectivity index is 2.59. The largest absolute Gasteiger partial charge is 0.480 e. The van der Waals surface area contributed by atoms with Crippen molar-refractivity contribution in [2.75, 3.05) is 18.4 Å². The molecular weight excluding hydrogens is 212 g/mol. The van der Waals surface area contributed by atoms with Crippen LogP contribution in [0.1, 0.15) is 6.92 Å². The van der Waals surface area contributed by atoms with Crippen molar-refractivity contribution >= 4 is 17.8 Å². The summed E-state index contributed by atoms with van der Waals surface area (Å²) in [6.07, 6.45) is 1.68. The fourth-order valence-electron chi connectivity index (χ4n) is 1.16. The zero-order valence-corrected chi connectivity index (χ0v) is 9.17. The van der Waals surface area contributed by atoms with E-state index in [0.717, 1.165) is 0 Å². The predicted molar refractivity (Wildman–Crippen MR) is 57.1 cm³/mol. The Morgan fingerprint density at radius 3 is 2.75 bits per heavy atom. The molecule has 0 saturated carbocycles. The number of nitrogens with zero attached hydrogens (tertiary/aromatic N) is 3. The van der Waals surface area contributed by atoms with Gasteiger partial charge in [-0.05, 0) is 6.92 Å². The molecule has 2 N–H and O–H groups in total. The minimum absolute atomic E-state index is 0.324. The minimum Gasteiger partial charge on any atom is -0.480 e. The summed E-state index contributed by atoms with van der Waals surface area (Å²) in [6.45, 7) is 1.71. The van der Waals surface area contributed by atoms with Crippen molar-refractivity contribution in [2.45, 2.75) is 6.92 Å². The molecule has 0 atom stereocenters. The van der Waals surface area contributed by atoms with E-state index in [1.54, 1.807) is 30.9 Å². The van der Waals surface area contributed by atoms with Gasteiger partial charge in [0, 0.05) is 25.9 Å². The normalized spacial score (nSPS) is 9.88. The van der Waals surface area contributed by atoms with Crippen LogP contribution in [0, 0.1) is 0 Å². The van der Waals surface area contributed by atoms with Gasteiger partial charge >= 0.3 is 12.0 Å². The van der Waals surface area contributed by atoms with Crippen molar-refractivity contribution in [3.8, 4) is 0 Å². The Morgan fingerprint density at radius 2 is 2.31 bits per heavy atom. The molecule has 88 valence electrons. The Labute approximate surface area is 92.7 Å². The highest BCUT2D eigenvalue weighted by Gasteiger charge is 2.15. The van der Waals surface area contributed by atoms with Gasteiger partial charge in [-0.1, -0.05) is 0 Å². The smallest absolute Gasteiger partial charge is 0.323 e. The molecule has 1 aromatic heterocycles. The van der Waals surface area contributed by atoms with Gasteiger partial charge in [0.15, 0.2) is 5.82 Å². The first-order valence-electron chi connectivity index (χ1n) is 4.80. The van der Waals surface area contributed by atoms with E-state index in [4.69, 9.17) is 5.11 Å². The molecule has 1 rings (SSSR count). The number of aliphatic carboxylic acids is 1. The van der Waals surface area contributed by atoms with Crippen LogP contribution in [-0.4, -0.2) is 44.9 Å². The summed E-state index contributed by atoms with van der Waals surface area (Å²) >= 11 is 0. The van der Waals surface area contributed by atoms with Crippen LogP contribution in [0.3, 0.4) is 0 Å². The molecule has 7 nitrogen and oxygen atoms in total. The fraction of sp³-hybridized carbons (Fsp3) is 0.444. The first kappa shape index (κ1) is 12.0. The van der Waals surface area contributed by atoms with Crippen LogP contribution < -0.4 is 5.32 Å². The Hall–Kier alpha value is -2.05. The van der Waals surface area contributed by atoms with Crippen LogP contribution in [0.2, 0.25) is 0 Å². The maximum absolute atomic E-state index is 11.6. The van der Waals surface area contributed by atoms with Crippen LogP contribution >= 0.6 is 0 Å². The van der Waals surface area contributed by atoms with E-state index in [1.807, 2.05) is 0 Å². The van der Waals surface area contributed by atoms with Crippen molar-refractivity contribution in [1.29, 1.82) is 0 Å². The van der Waals surface area contributed by atoms with E-state index < -0.39 is 12.0 Å². The predicted octanol–water partition coefficient (Wildman–Crippen LogP) is 0.358. The van der Waals surface area contributed by atoms with Gasteiger partial charge in [-0.25, -0.2) is 4.79 Å².